The predicted octanol–water partition coefficient (Wildman–Crippen LogP) is 1.09. The molecule has 0 N–H and O–H groups in total. The largest absolute Gasteiger partial charge is 0.242 e. The number of rotatable bonds is 0. The fourth-order valence-corrected chi connectivity index (χ4v) is 1.22. The highest BCUT2D eigenvalue weighted by molar-refractivity contribution is 7.16. The first-order chi connectivity index (χ1) is 4.47. The number of aromatic nitrogens is 3. The van der Waals surface area contributed by atoms with E-state index in [2.05, 4.69) is 15.0 Å². The van der Waals surface area contributed by atoms with Gasteiger partial charge in [0, 0.05) is 0 Å². The van der Waals surface area contributed by atoms with E-state index < -0.39 is 0 Å². The Morgan fingerprint density at radius 3 is 3.22 bits per heavy atom. The zero-order valence-corrected chi connectivity index (χ0v) is 5.30. The summed E-state index contributed by atoms with van der Waals surface area (Å²) in [7, 11) is 0. The zero-order chi connectivity index (χ0) is 6.10. The molecule has 0 fully saturated rings. The maximum Gasteiger partial charge on any atom is 0.146 e. The molecule has 0 radical (unpaired) electrons. The van der Waals surface area contributed by atoms with Gasteiger partial charge in [-0.25, -0.2) is 15.0 Å². The van der Waals surface area contributed by atoms with E-state index in [4.69, 9.17) is 0 Å². The van der Waals surface area contributed by atoms with Crippen LogP contribution in [0.2, 0.25) is 0 Å². The lowest BCUT2D eigenvalue weighted by Crippen LogP contribution is -1.73. The molecule has 3 nitrogen and oxygen atoms in total. The molecule has 0 spiro atoms. The molecule has 9 heavy (non-hydrogen) atoms. The summed E-state index contributed by atoms with van der Waals surface area (Å²) in [6, 6.07) is 0. The molecule has 0 saturated carbocycles. The van der Waals surface area contributed by atoms with Gasteiger partial charge in [0.2, 0.25) is 0 Å². The second kappa shape index (κ2) is 1.73. The van der Waals surface area contributed by atoms with Crippen molar-refractivity contribution in [1.82, 2.24) is 15.0 Å². The molecule has 2 rings (SSSR count). The van der Waals surface area contributed by atoms with Crippen LogP contribution in [0.1, 0.15) is 0 Å². The van der Waals surface area contributed by atoms with Gasteiger partial charge in [-0.1, -0.05) is 0 Å². The van der Waals surface area contributed by atoms with E-state index in [1.54, 1.807) is 11.7 Å². The Morgan fingerprint density at radius 2 is 2.33 bits per heavy atom. The van der Waals surface area contributed by atoms with Gasteiger partial charge in [-0.05, 0) is 0 Å². The van der Waals surface area contributed by atoms with Crippen molar-refractivity contribution in [2.24, 2.45) is 0 Å². The van der Waals surface area contributed by atoms with Gasteiger partial charge in [0.15, 0.2) is 0 Å². The maximum absolute atomic E-state index is 4.01. The smallest absolute Gasteiger partial charge is 0.146 e. The van der Waals surface area contributed by atoms with Gasteiger partial charge < -0.3 is 0 Å². The molecular weight excluding hydrogens is 134 g/mol. The number of hydrogen-bond acceptors (Lipinski definition) is 4. The summed E-state index contributed by atoms with van der Waals surface area (Å²) in [5.74, 6) is 0. The second-order valence-corrected chi connectivity index (χ2v) is 2.40. The molecule has 0 saturated heterocycles. The van der Waals surface area contributed by atoms with E-state index >= 15 is 0 Å². The summed E-state index contributed by atoms with van der Waals surface area (Å²) < 4.78 is 0. The summed E-state index contributed by atoms with van der Waals surface area (Å²) in [6.45, 7) is 0. The molecular formula is C5H3N3S. The third kappa shape index (κ3) is 0.675. The predicted molar refractivity (Wildman–Crippen MR) is 35.2 cm³/mol. The SMILES string of the molecule is c1ncc2ncsc2n1. The van der Waals surface area contributed by atoms with Crippen LogP contribution in [-0.4, -0.2) is 15.0 Å². The first-order valence-corrected chi connectivity index (χ1v) is 3.34. The average molecular weight is 137 g/mol. The van der Waals surface area contributed by atoms with Gasteiger partial charge >= 0.3 is 0 Å². The summed E-state index contributed by atoms with van der Waals surface area (Å²) in [4.78, 5) is 12.8. The Morgan fingerprint density at radius 1 is 1.33 bits per heavy atom. The van der Waals surface area contributed by atoms with E-state index in [-0.39, 0.29) is 0 Å². The molecule has 0 atom stereocenters. The highest BCUT2D eigenvalue weighted by Crippen LogP contribution is 2.10. The van der Waals surface area contributed by atoms with Crippen molar-refractivity contribution in [2.45, 2.75) is 0 Å². The maximum atomic E-state index is 4.01. The Hall–Kier alpha value is -1.03. The summed E-state index contributed by atoms with van der Waals surface area (Å²) >= 11 is 1.53. The van der Waals surface area contributed by atoms with Gasteiger partial charge in [0.25, 0.3) is 0 Å². The fourth-order valence-electron chi connectivity index (χ4n) is 0.623. The Labute approximate surface area is 55.4 Å². The number of nitrogens with zero attached hydrogens (tertiary/aromatic N) is 3. The molecule has 0 amide bonds. The lowest BCUT2D eigenvalue weighted by molar-refractivity contribution is 1.22. The molecule has 0 aliphatic heterocycles. The minimum atomic E-state index is 0.877. The van der Waals surface area contributed by atoms with E-state index in [1.807, 2.05) is 0 Å². The van der Waals surface area contributed by atoms with Crippen molar-refractivity contribution in [3.8, 4) is 0 Å². The molecule has 0 aliphatic carbocycles. The third-order valence-electron chi connectivity index (χ3n) is 1.01. The molecule has 0 aromatic carbocycles. The molecule has 0 unspecified atom stereocenters. The van der Waals surface area contributed by atoms with Crippen molar-refractivity contribution in [2.75, 3.05) is 0 Å². The van der Waals surface area contributed by atoms with Crippen LogP contribution in [0.5, 0.6) is 0 Å². The van der Waals surface area contributed by atoms with Crippen LogP contribution in [0.4, 0.5) is 0 Å². The number of thiazole rings is 1. The monoisotopic (exact) mass is 137 g/mol. The topological polar surface area (TPSA) is 38.7 Å². The van der Waals surface area contributed by atoms with Crippen molar-refractivity contribution in [1.29, 1.82) is 0 Å². The van der Waals surface area contributed by atoms with Crippen LogP contribution in [0.3, 0.4) is 0 Å². The molecule has 0 aliphatic rings. The quantitative estimate of drug-likeness (QED) is 0.545. The molecule has 2 aromatic heterocycles. The van der Waals surface area contributed by atoms with E-state index in [0.29, 0.717) is 0 Å². The zero-order valence-electron chi connectivity index (χ0n) is 4.48. The highest BCUT2D eigenvalue weighted by atomic mass is 32.1. The van der Waals surface area contributed by atoms with E-state index in [0.717, 1.165) is 10.3 Å². The van der Waals surface area contributed by atoms with Crippen LogP contribution in [0.15, 0.2) is 18.0 Å². The van der Waals surface area contributed by atoms with Gasteiger partial charge in [-0.3, -0.25) is 0 Å². The van der Waals surface area contributed by atoms with Crippen molar-refractivity contribution in [3.63, 3.8) is 0 Å². The second-order valence-electron chi connectivity index (χ2n) is 1.57. The molecule has 0 bridgehead atoms. The lowest BCUT2D eigenvalue weighted by Gasteiger charge is -1.79. The summed E-state index contributed by atoms with van der Waals surface area (Å²) in [5, 5.41) is 0. The summed E-state index contributed by atoms with van der Waals surface area (Å²) in [5.41, 5.74) is 2.64. The molecule has 2 aromatic rings. The Balaban J connectivity index is 2.95. The van der Waals surface area contributed by atoms with Crippen LogP contribution < -0.4 is 0 Å². The van der Waals surface area contributed by atoms with Crippen LogP contribution >= 0.6 is 11.3 Å². The van der Waals surface area contributed by atoms with Gasteiger partial charge in [0.05, 0.1) is 11.7 Å². The minimum Gasteiger partial charge on any atom is -0.242 e. The third-order valence-corrected chi connectivity index (χ3v) is 1.76. The number of fused-ring (bicyclic) bond motifs is 1. The van der Waals surface area contributed by atoms with Gasteiger partial charge in [0.1, 0.15) is 16.7 Å². The lowest BCUT2D eigenvalue weighted by atomic mass is 10.6. The van der Waals surface area contributed by atoms with Gasteiger partial charge in [-0.15, -0.1) is 11.3 Å². The molecule has 2 heterocycles. The Bertz CT molecular complexity index is 286. The summed E-state index contributed by atoms with van der Waals surface area (Å²) in [6.07, 6.45) is 3.24. The first kappa shape index (κ1) is 4.81. The molecule has 44 valence electrons. The highest BCUT2D eigenvalue weighted by Gasteiger charge is 1.92. The number of hydrogen-bond donors (Lipinski definition) is 0. The Kier molecular flexibility index (Phi) is 0.927. The normalized spacial score (nSPS) is 10.2. The first-order valence-electron chi connectivity index (χ1n) is 2.46. The van der Waals surface area contributed by atoms with Crippen molar-refractivity contribution < 1.29 is 0 Å². The fraction of sp³-hybridized carbons (Fsp3) is 0. The van der Waals surface area contributed by atoms with Crippen LogP contribution in [0.25, 0.3) is 10.3 Å². The minimum absolute atomic E-state index is 0.877. The van der Waals surface area contributed by atoms with Crippen molar-refractivity contribution >= 4 is 21.7 Å². The van der Waals surface area contributed by atoms with Crippen molar-refractivity contribution in [3.05, 3.63) is 18.0 Å². The van der Waals surface area contributed by atoms with Crippen LogP contribution in [0, 0.1) is 0 Å². The van der Waals surface area contributed by atoms with Gasteiger partial charge in [-0.2, -0.15) is 0 Å². The average Bonchev–Trinajstić information content (AvgIpc) is 2.33. The van der Waals surface area contributed by atoms with Crippen LogP contribution in [-0.2, 0) is 0 Å². The molecule has 4 heteroatoms. The standard InChI is InChI=1S/C5H3N3S/c1-4-5(7-2-6-1)9-3-8-4/h1-3H. The van der Waals surface area contributed by atoms with E-state index in [1.165, 1.54) is 17.7 Å². The van der Waals surface area contributed by atoms with E-state index in [9.17, 15) is 0 Å².